The van der Waals surface area contributed by atoms with Gasteiger partial charge in [0.25, 0.3) is 0 Å². The second-order valence-corrected chi connectivity index (χ2v) is 5.89. The highest BCUT2D eigenvalue weighted by Gasteiger charge is 2.01. The van der Waals surface area contributed by atoms with Crippen molar-refractivity contribution >= 4 is 5.96 Å². The molecule has 0 aliphatic carbocycles. The molecule has 0 amide bonds. The lowest BCUT2D eigenvalue weighted by Gasteiger charge is -2.11. The van der Waals surface area contributed by atoms with Crippen LogP contribution in [0.15, 0.2) is 41.7 Å². The molecule has 6 heteroatoms. The third-order valence-corrected chi connectivity index (χ3v) is 3.85. The summed E-state index contributed by atoms with van der Waals surface area (Å²) in [7, 11) is 1.72. The Bertz CT molecular complexity index is 665. The third kappa shape index (κ3) is 6.58. The normalized spacial score (nSPS) is 11.6. The van der Waals surface area contributed by atoms with Crippen LogP contribution in [0.1, 0.15) is 30.3 Å². The van der Waals surface area contributed by atoms with Gasteiger partial charge in [-0.3, -0.25) is 0 Å². The van der Waals surface area contributed by atoms with Gasteiger partial charge in [-0.15, -0.1) is 0 Å². The minimum atomic E-state index is 0.649. The minimum Gasteiger partial charge on any atom is -0.385 e. The van der Waals surface area contributed by atoms with Gasteiger partial charge in [0.05, 0.1) is 6.54 Å². The van der Waals surface area contributed by atoms with Crippen LogP contribution in [0.4, 0.5) is 0 Å². The average Bonchev–Trinajstić information content (AvgIpc) is 3.01. The highest BCUT2D eigenvalue weighted by Crippen LogP contribution is 2.09. The summed E-state index contributed by atoms with van der Waals surface area (Å²) in [5, 5.41) is 6.60. The lowest BCUT2D eigenvalue weighted by molar-refractivity contribution is 0.195. The number of nitrogens with zero attached hydrogens (tertiary/aromatic N) is 3. The predicted molar refractivity (Wildman–Crippen MR) is 102 cm³/mol. The molecule has 25 heavy (non-hydrogen) atoms. The summed E-state index contributed by atoms with van der Waals surface area (Å²) in [5.74, 6) is 1.87. The molecule has 0 spiro atoms. The molecule has 0 aliphatic heterocycles. The summed E-state index contributed by atoms with van der Waals surface area (Å²) in [6.07, 6.45) is 4.80. The van der Waals surface area contributed by atoms with Crippen molar-refractivity contribution in [3.05, 3.63) is 53.6 Å². The number of benzene rings is 1. The van der Waals surface area contributed by atoms with Gasteiger partial charge in [0, 0.05) is 45.7 Å². The second kappa shape index (κ2) is 10.5. The number of nitrogens with one attached hydrogen (secondary N) is 2. The fourth-order valence-corrected chi connectivity index (χ4v) is 2.53. The maximum Gasteiger partial charge on any atom is 0.191 e. The van der Waals surface area contributed by atoms with Crippen LogP contribution in [-0.2, 0) is 17.8 Å². The molecule has 1 aromatic carbocycles. The zero-order chi connectivity index (χ0) is 17.9. The first-order valence-electron chi connectivity index (χ1n) is 8.79. The molecule has 136 valence electrons. The monoisotopic (exact) mass is 343 g/mol. The highest BCUT2D eigenvalue weighted by molar-refractivity contribution is 5.79. The summed E-state index contributed by atoms with van der Waals surface area (Å²) in [6.45, 7) is 8.01. The van der Waals surface area contributed by atoms with Crippen molar-refractivity contribution in [3.8, 4) is 0 Å². The van der Waals surface area contributed by atoms with Gasteiger partial charge in [0.15, 0.2) is 5.96 Å². The molecule has 0 saturated carbocycles. The van der Waals surface area contributed by atoms with Crippen molar-refractivity contribution in [2.45, 2.75) is 33.4 Å². The number of aliphatic imine (C=N–C) groups is 1. The Morgan fingerprint density at radius 3 is 2.84 bits per heavy atom. The molecular formula is C19H29N5O. The van der Waals surface area contributed by atoms with Gasteiger partial charge in [0.2, 0.25) is 0 Å². The van der Waals surface area contributed by atoms with E-state index in [4.69, 9.17) is 4.74 Å². The number of hydrogen-bond donors (Lipinski definition) is 2. The van der Waals surface area contributed by atoms with Crippen LogP contribution in [0.2, 0.25) is 0 Å². The first-order chi connectivity index (χ1) is 12.2. The molecule has 6 nitrogen and oxygen atoms in total. The second-order valence-electron chi connectivity index (χ2n) is 5.89. The SMILES string of the molecule is CCNC(=NCc1cccc(Cn2ccnc2C)c1)NCCCOC. The summed E-state index contributed by atoms with van der Waals surface area (Å²) in [5.41, 5.74) is 2.45. The van der Waals surface area contributed by atoms with E-state index in [0.29, 0.717) is 6.54 Å². The van der Waals surface area contributed by atoms with E-state index in [1.165, 1.54) is 11.1 Å². The van der Waals surface area contributed by atoms with E-state index in [1.807, 2.05) is 19.3 Å². The number of aromatic nitrogens is 2. The first-order valence-corrected chi connectivity index (χ1v) is 8.79. The molecule has 2 aromatic rings. The zero-order valence-corrected chi connectivity index (χ0v) is 15.5. The van der Waals surface area contributed by atoms with Gasteiger partial charge in [-0.05, 0) is 31.4 Å². The molecule has 0 fully saturated rings. The lowest BCUT2D eigenvalue weighted by Crippen LogP contribution is -2.38. The van der Waals surface area contributed by atoms with Gasteiger partial charge >= 0.3 is 0 Å². The highest BCUT2D eigenvalue weighted by atomic mass is 16.5. The van der Waals surface area contributed by atoms with E-state index in [2.05, 4.69) is 56.4 Å². The molecule has 1 aromatic heterocycles. The largest absolute Gasteiger partial charge is 0.385 e. The van der Waals surface area contributed by atoms with Gasteiger partial charge in [-0.1, -0.05) is 24.3 Å². The van der Waals surface area contributed by atoms with E-state index in [9.17, 15) is 0 Å². The number of methoxy groups -OCH3 is 1. The Hall–Kier alpha value is -2.34. The first kappa shape index (κ1) is 19.0. The van der Waals surface area contributed by atoms with Crippen LogP contribution in [0.25, 0.3) is 0 Å². The van der Waals surface area contributed by atoms with Crippen LogP contribution in [0.3, 0.4) is 0 Å². The van der Waals surface area contributed by atoms with Crippen LogP contribution < -0.4 is 10.6 Å². The van der Waals surface area contributed by atoms with E-state index < -0.39 is 0 Å². The van der Waals surface area contributed by atoms with Crippen LogP contribution in [0.5, 0.6) is 0 Å². The van der Waals surface area contributed by atoms with Crippen molar-refractivity contribution in [1.82, 2.24) is 20.2 Å². The van der Waals surface area contributed by atoms with Crippen molar-refractivity contribution in [1.29, 1.82) is 0 Å². The minimum absolute atomic E-state index is 0.649. The predicted octanol–water partition coefficient (Wildman–Crippen LogP) is 2.33. The Labute approximate surface area is 150 Å². The van der Waals surface area contributed by atoms with Crippen LogP contribution >= 0.6 is 0 Å². The average molecular weight is 343 g/mol. The molecule has 0 bridgehead atoms. The van der Waals surface area contributed by atoms with Crippen molar-refractivity contribution in [3.63, 3.8) is 0 Å². The molecule has 0 aliphatic rings. The van der Waals surface area contributed by atoms with Crippen LogP contribution in [-0.4, -0.2) is 42.3 Å². The molecule has 0 unspecified atom stereocenters. The molecule has 1 heterocycles. The van der Waals surface area contributed by atoms with Crippen LogP contribution in [0, 0.1) is 6.92 Å². The molecule has 0 radical (unpaired) electrons. The fourth-order valence-electron chi connectivity index (χ4n) is 2.53. The van der Waals surface area contributed by atoms with E-state index >= 15 is 0 Å². The maximum absolute atomic E-state index is 5.07. The number of aryl methyl sites for hydroxylation is 1. The molecule has 0 atom stereocenters. The molecule has 0 saturated heterocycles. The van der Waals surface area contributed by atoms with Gasteiger partial charge < -0.3 is 19.9 Å². The van der Waals surface area contributed by atoms with E-state index in [-0.39, 0.29) is 0 Å². The number of ether oxygens (including phenoxy) is 1. The maximum atomic E-state index is 5.07. The van der Waals surface area contributed by atoms with Crippen molar-refractivity contribution in [2.24, 2.45) is 4.99 Å². The molecule has 2 N–H and O–H groups in total. The van der Waals surface area contributed by atoms with Gasteiger partial charge in [-0.2, -0.15) is 0 Å². The topological polar surface area (TPSA) is 63.5 Å². The smallest absolute Gasteiger partial charge is 0.191 e. The standard InChI is InChI=1S/C19H29N5O/c1-4-20-19(22-9-6-12-25-3)23-14-17-7-5-8-18(13-17)15-24-11-10-21-16(24)2/h5,7-8,10-11,13H,4,6,9,12,14-15H2,1-3H3,(H2,20,22,23). The van der Waals surface area contributed by atoms with Crippen molar-refractivity contribution in [2.75, 3.05) is 26.8 Å². The third-order valence-electron chi connectivity index (χ3n) is 3.85. The Balaban J connectivity index is 1.95. The number of rotatable bonds is 9. The summed E-state index contributed by atoms with van der Waals surface area (Å²) in [6, 6.07) is 8.55. The Kier molecular flexibility index (Phi) is 7.98. The van der Waals surface area contributed by atoms with Gasteiger partial charge in [0.1, 0.15) is 5.82 Å². The van der Waals surface area contributed by atoms with Crippen molar-refractivity contribution < 1.29 is 4.74 Å². The number of guanidine groups is 1. The molecule has 2 rings (SSSR count). The lowest BCUT2D eigenvalue weighted by atomic mass is 10.1. The number of hydrogen-bond acceptors (Lipinski definition) is 3. The number of imidazole rings is 1. The fraction of sp³-hybridized carbons (Fsp3) is 0.474. The summed E-state index contributed by atoms with van der Waals surface area (Å²) in [4.78, 5) is 8.94. The molecular weight excluding hydrogens is 314 g/mol. The zero-order valence-electron chi connectivity index (χ0n) is 15.5. The summed E-state index contributed by atoms with van der Waals surface area (Å²) >= 11 is 0. The van der Waals surface area contributed by atoms with E-state index in [0.717, 1.165) is 44.4 Å². The van der Waals surface area contributed by atoms with E-state index in [1.54, 1.807) is 7.11 Å². The van der Waals surface area contributed by atoms with Gasteiger partial charge in [-0.25, -0.2) is 9.98 Å². The Morgan fingerprint density at radius 2 is 2.12 bits per heavy atom. The summed E-state index contributed by atoms with van der Waals surface area (Å²) < 4.78 is 7.21. The quantitative estimate of drug-likeness (QED) is 0.417. The Morgan fingerprint density at radius 1 is 1.28 bits per heavy atom.